The van der Waals surface area contributed by atoms with E-state index >= 15 is 0 Å². The van der Waals surface area contributed by atoms with Crippen molar-refractivity contribution in [1.29, 1.82) is 0 Å². The van der Waals surface area contributed by atoms with E-state index in [1.165, 1.54) is 0 Å². The first kappa shape index (κ1) is 14.8. The molecule has 0 heterocycles. The Balaban J connectivity index is 2.10. The van der Waals surface area contributed by atoms with Crippen LogP contribution in [-0.2, 0) is 0 Å². The summed E-state index contributed by atoms with van der Waals surface area (Å²) in [7, 11) is 0. The van der Waals surface area contributed by atoms with Gasteiger partial charge in [-0.15, -0.1) is 0 Å². The van der Waals surface area contributed by atoms with Gasteiger partial charge in [0.15, 0.2) is 0 Å². The fourth-order valence-electron chi connectivity index (χ4n) is 2.50. The van der Waals surface area contributed by atoms with Gasteiger partial charge in [0.05, 0.1) is 12.2 Å². The average molecular weight is 270 g/mol. The van der Waals surface area contributed by atoms with Crippen molar-refractivity contribution < 1.29 is 10.2 Å². The highest BCUT2D eigenvalue weighted by molar-refractivity contribution is 5.23. The second kappa shape index (κ2) is 6.69. The van der Waals surface area contributed by atoms with E-state index in [0.717, 1.165) is 11.1 Å². The topological polar surface area (TPSA) is 40.5 Å². The summed E-state index contributed by atoms with van der Waals surface area (Å²) in [5.74, 6) is -0.199. The van der Waals surface area contributed by atoms with E-state index in [1.54, 1.807) is 0 Å². The molecular formula is C18H22O2. The highest BCUT2D eigenvalue weighted by atomic mass is 16.3. The van der Waals surface area contributed by atoms with Crippen LogP contribution in [0.3, 0.4) is 0 Å². The quantitative estimate of drug-likeness (QED) is 0.875. The standard InChI is InChI=1S/C18H22O2/c1-13(15-9-5-3-6-10-15)17(19)18(20)14(2)16-11-7-4-8-12-16/h3-14,17-20H,1-2H3/t13?,14?,17-,18-/m0/s1. The predicted octanol–water partition coefficient (Wildman–Crippen LogP) is 3.32. The highest BCUT2D eigenvalue weighted by Crippen LogP contribution is 2.28. The molecule has 2 rings (SSSR count). The van der Waals surface area contributed by atoms with Crippen LogP contribution in [0.2, 0.25) is 0 Å². The first-order valence-electron chi connectivity index (χ1n) is 7.07. The third kappa shape index (κ3) is 3.27. The third-order valence-corrected chi connectivity index (χ3v) is 4.03. The zero-order chi connectivity index (χ0) is 14.5. The molecule has 0 saturated heterocycles. The molecule has 4 atom stereocenters. The van der Waals surface area contributed by atoms with Gasteiger partial charge >= 0.3 is 0 Å². The summed E-state index contributed by atoms with van der Waals surface area (Å²) < 4.78 is 0. The first-order valence-corrected chi connectivity index (χ1v) is 7.07. The van der Waals surface area contributed by atoms with Crippen LogP contribution in [0.5, 0.6) is 0 Å². The molecule has 2 aromatic rings. The van der Waals surface area contributed by atoms with Crippen molar-refractivity contribution in [2.45, 2.75) is 37.9 Å². The SMILES string of the molecule is CC(c1ccccc1)[C@H](O)[C@@H](O)C(C)c1ccccc1. The molecule has 2 heteroatoms. The molecule has 0 fully saturated rings. The summed E-state index contributed by atoms with van der Waals surface area (Å²) in [4.78, 5) is 0. The van der Waals surface area contributed by atoms with Crippen molar-refractivity contribution in [3.05, 3.63) is 71.8 Å². The van der Waals surface area contributed by atoms with Gasteiger partial charge in [0.1, 0.15) is 0 Å². The number of aliphatic hydroxyl groups is 2. The summed E-state index contributed by atoms with van der Waals surface area (Å²) in [5, 5.41) is 20.8. The van der Waals surface area contributed by atoms with Gasteiger partial charge in [0.2, 0.25) is 0 Å². The second-order valence-electron chi connectivity index (χ2n) is 5.38. The monoisotopic (exact) mass is 270 g/mol. The Hall–Kier alpha value is -1.64. The van der Waals surface area contributed by atoms with E-state index in [1.807, 2.05) is 74.5 Å². The summed E-state index contributed by atoms with van der Waals surface area (Å²) >= 11 is 0. The number of aliphatic hydroxyl groups excluding tert-OH is 2. The van der Waals surface area contributed by atoms with Gasteiger partial charge in [-0.05, 0) is 11.1 Å². The maximum atomic E-state index is 10.4. The maximum absolute atomic E-state index is 10.4. The van der Waals surface area contributed by atoms with E-state index in [9.17, 15) is 10.2 Å². The molecule has 2 aromatic carbocycles. The highest BCUT2D eigenvalue weighted by Gasteiger charge is 2.29. The number of rotatable bonds is 5. The van der Waals surface area contributed by atoms with Crippen LogP contribution in [0.15, 0.2) is 60.7 Å². The molecule has 2 unspecified atom stereocenters. The van der Waals surface area contributed by atoms with Crippen molar-refractivity contribution in [3.8, 4) is 0 Å². The summed E-state index contributed by atoms with van der Waals surface area (Å²) in [6.45, 7) is 3.89. The van der Waals surface area contributed by atoms with Crippen LogP contribution in [0.1, 0.15) is 36.8 Å². The van der Waals surface area contributed by atoms with Gasteiger partial charge in [-0.25, -0.2) is 0 Å². The van der Waals surface area contributed by atoms with Crippen molar-refractivity contribution in [2.75, 3.05) is 0 Å². The largest absolute Gasteiger partial charge is 0.390 e. The Labute approximate surface area is 120 Å². The lowest BCUT2D eigenvalue weighted by Gasteiger charge is -2.28. The molecule has 0 aliphatic carbocycles. The molecule has 0 aliphatic heterocycles. The Kier molecular flexibility index (Phi) is 4.94. The Morgan fingerprint density at radius 1 is 0.600 bits per heavy atom. The van der Waals surface area contributed by atoms with Crippen LogP contribution < -0.4 is 0 Å². The van der Waals surface area contributed by atoms with Crippen LogP contribution in [0, 0.1) is 0 Å². The maximum Gasteiger partial charge on any atom is 0.0870 e. The van der Waals surface area contributed by atoms with Crippen molar-refractivity contribution >= 4 is 0 Å². The molecule has 0 spiro atoms. The molecule has 20 heavy (non-hydrogen) atoms. The van der Waals surface area contributed by atoms with Crippen molar-refractivity contribution in [1.82, 2.24) is 0 Å². The lowest BCUT2D eigenvalue weighted by Crippen LogP contribution is -2.34. The zero-order valence-corrected chi connectivity index (χ0v) is 12.0. The summed E-state index contributed by atoms with van der Waals surface area (Å²) in [6.07, 6.45) is -1.57. The molecular weight excluding hydrogens is 248 g/mol. The lowest BCUT2D eigenvalue weighted by atomic mass is 9.84. The molecule has 0 bridgehead atoms. The first-order chi connectivity index (χ1) is 9.61. The number of benzene rings is 2. The van der Waals surface area contributed by atoms with Crippen molar-refractivity contribution in [3.63, 3.8) is 0 Å². The van der Waals surface area contributed by atoms with Crippen molar-refractivity contribution in [2.24, 2.45) is 0 Å². The van der Waals surface area contributed by atoms with E-state index in [-0.39, 0.29) is 11.8 Å². The predicted molar refractivity (Wildman–Crippen MR) is 81.7 cm³/mol. The molecule has 106 valence electrons. The van der Waals surface area contributed by atoms with Crippen LogP contribution in [-0.4, -0.2) is 22.4 Å². The number of hydrogen-bond acceptors (Lipinski definition) is 2. The van der Waals surface area contributed by atoms with Gasteiger partial charge in [0.25, 0.3) is 0 Å². The molecule has 0 saturated carbocycles. The zero-order valence-electron chi connectivity index (χ0n) is 12.0. The molecule has 0 aromatic heterocycles. The summed E-state index contributed by atoms with van der Waals surface area (Å²) in [5.41, 5.74) is 2.08. The molecule has 2 N–H and O–H groups in total. The van der Waals surface area contributed by atoms with E-state index in [2.05, 4.69) is 0 Å². The smallest absolute Gasteiger partial charge is 0.0870 e. The fraction of sp³-hybridized carbons (Fsp3) is 0.333. The normalized spacial score (nSPS) is 17.2. The van der Waals surface area contributed by atoms with E-state index in [4.69, 9.17) is 0 Å². The fourth-order valence-corrected chi connectivity index (χ4v) is 2.50. The van der Waals surface area contributed by atoms with E-state index in [0.29, 0.717) is 0 Å². The molecule has 0 radical (unpaired) electrons. The van der Waals surface area contributed by atoms with E-state index < -0.39 is 12.2 Å². The number of hydrogen-bond donors (Lipinski definition) is 2. The molecule has 0 aliphatic rings. The lowest BCUT2D eigenvalue weighted by molar-refractivity contribution is -0.00670. The molecule has 2 nitrogen and oxygen atoms in total. The van der Waals surface area contributed by atoms with Gasteiger partial charge in [-0.3, -0.25) is 0 Å². The Bertz CT molecular complexity index is 460. The van der Waals surface area contributed by atoms with Crippen LogP contribution >= 0.6 is 0 Å². The minimum atomic E-state index is -0.785. The summed E-state index contributed by atoms with van der Waals surface area (Å²) in [6, 6.07) is 19.6. The van der Waals surface area contributed by atoms with Gasteiger partial charge in [-0.2, -0.15) is 0 Å². The van der Waals surface area contributed by atoms with Crippen LogP contribution in [0.25, 0.3) is 0 Å². The third-order valence-electron chi connectivity index (χ3n) is 4.03. The van der Waals surface area contributed by atoms with Gasteiger partial charge < -0.3 is 10.2 Å². The second-order valence-corrected chi connectivity index (χ2v) is 5.38. The Morgan fingerprint density at radius 3 is 1.20 bits per heavy atom. The minimum Gasteiger partial charge on any atom is -0.390 e. The average Bonchev–Trinajstić information content (AvgIpc) is 2.53. The molecule has 0 amide bonds. The van der Waals surface area contributed by atoms with Gasteiger partial charge in [0, 0.05) is 11.8 Å². The minimum absolute atomic E-state index is 0.0997. The Morgan fingerprint density at radius 2 is 0.900 bits per heavy atom. The van der Waals surface area contributed by atoms with Gasteiger partial charge in [-0.1, -0.05) is 74.5 Å². The van der Waals surface area contributed by atoms with Crippen LogP contribution in [0.4, 0.5) is 0 Å².